The van der Waals surface area contributed by atoms with Gasteiger partial charge in [0, 0.05) is 6.04 Å². The van der Waals surface area contributed by atoms with Crippen molar-refractivity contribution in [1.29, 1.82) is 0 Å². The van der Waals surface area contributed by atoms with Gasteiger partial charge in [-0.1, -0.05) is 19.3 Å². The van der Waals surface area contributed by atoms with E-state index in [1.165, 1.54) is 6.42 Å². The smallest absolute Gasteiger partial charge is 0.310 e. The highest BCUT2D eigenvalue weighted by molar-refractivity contribution is 5.73. The molecule has 0 saturated heterocycles. The van der Waals surface area contributed by atoms with Gasteiger partial charge in [-0.05, 0) is 12.8 Å². The van der Waals surface area contributed by atoms with E-state index in [2.05, 4.69) is 5.32 Å². The van der Waals surface area contributed by atoms with Crippen LogP contribution in [0.25, 0.3) is 0 Å². The second kappa shape index (κ2) is 5.45. The summed E-state index contributed by atoms with van der Waals surface area (Å²) in [6.07, 6.45) is 5.32. The molecular formula is C10H15NO3. The molecule has 0 unspecified atom stereocenters. The molecule has 4 nitrogen and oxygen atoms in total. The van der Waals surface area contributed by atoms with Crippen LogP contribution in [0.4, 0.5) is 0 Å². The van der Waals surface area contributed by atoms with E-state index in [0.717, 1.165) is 25.7 Å². The second-order valence-electron chi connectivity index (χ2n) is 3.63. The van der Waals surface area contributed by atoms with Crippen molar-refractivity contribution in [1.82, 2.24) is 5.32 Å². The third-order valence-electron chi connectivity index (χ3n) is 2.43. The lowest BCUT2D eigenvalue weighted by Crippen LogP contribution is -2.31. The van der Waals surface area contributed by atoms with Crippen molar-refractivity contribution in [3.05, 3.63) is 5.70 Å². The number of carbonyl (C=O) groups is 1. The van der Waals surface area contributed by atoms with Crippen molar-refractivity contribution in [2.75, 3.05) is 0 Å². The molecule has 0 amide bonds. The van der Waals surface area contributed by atoms with E-state index >= 15 is 0 Å². The van der Waals surface area contributed by atoms with Crippen molar-refractivity contribution in [3.8, 4) is 0 Å². The molecule has 78 valence electrons. The molecule has 1 saturated carbocycles. The van der Waals surface area contributed by atoms with Crippen LogP contribution < -0.4 is 5.32 Å². The standard InChI is InChI=1S/C10H15NO3/c12-7-9(6-10(13)14)11-8-4-2-1-3-5-8/h8,11H,1-6H2,(H,13,14). The number of nitrogens with one attached hydrogen (secondary N) is 1. The van der Waals surface area contributed by atoms with E-state index in [-0.39, 0.29) is 18.2 Å². The first-order valence-corrected chi connectivity index (χ1v) is 4.94. The Hall–Kier alpha value is -1.28. The van der Waals surface area contributed by atoms with Crippen LogP contribution in [0.3, 0.4) is 0 Å². The number of rotatable bonds is 4. The second-order valence-corrected chi connectivity index (χ2v) is 3.63. The van der Waals surface area contributed by atoms with E-state index in [4.69, 9.17) is 5.11 Å². The minimum absolute atomic E-state index is 0.171. The van der Waals surface area contributed by atoms with Crippen LogP contribution in [0, 0.1) is 0 Å². The maximum absolute atomic E-state index is 10.4. The third-order valence-corrected chi connectivity index (χ3v) is 2.43. The molecule has 14 heavy (non-hydrogen) atoms. The predicted octanol–water partition coefficient (Wildman–Crippen LogP) is 1.10. The maximum Gasteiger partial charge on any atom is 0.310 e. The fourth-order valence-corrected chi connectivity index (χ4v) is 1.76. The molecule has 0 aromatic heterocycles. The highest BCUT2D eigenvalue weighted by Gasteiger charge is 2.15. The zero-order valence-electron chi connectivity index (χ0n) is 8.08. The van der Waals surface area contributed by atoms with Crippen LogP contribution in [0.1, 0.15) is 38.5 Å². The monoisotopic (exact) mass is 197 g/mol. The molecule has 1 aliphatic carbocycles. The Morgan fingerprint density at radius 3 is 2.50 bits per heavy atom. The number of aliphatic carboxylic acids is 1. The van der Waals surface area contributed by atoms with Crippen molar-refractivity contribution < 1.29 is 14.7 Å². The number of hydrogen-bond donors (Lipinski definition) is 2. The molecule has 1 fully saturated rings. The molecule has 4 heteroatoms. The lowest BCUT2D eigenvalue weighted by atomic mass is 9.95. The first-order chi connectivity index (χ1) is 6.72. The highest BCUT2D eigenvalue weighted by Crippen LogP contribution is 2.18. The average molecular weight is 197 g/mol. The Labute approximate surface area is 83.0 Å². The SMILES string of the molecule is O=C=C(CC(=O)O)NC1CCCCC1. The van der Waals surface area contributed by atoms with Crippen molar-refractivity contribution in [3.63, 3.8) is 0 Å². The summed E-state index contributed by atoms with van der Waals surface area (Å²) < 4.78 is 0. The predicted molar refractivity (Wildman–Crippen MR) is 51.5 cm³/mol. The Balaban J connectivity index is 2.39. The number of hydrogen-bond acceptors (Lipinski definition) is 3. The summed E-state index contributed by atoms with van der Waals surface area (Å²) in [7, 11) is 0. The van der Waals surface area contributed by atoms with Gasteiger partial charge >= 0.3 is 5.97 Å². The van der Waals surface area contributed by atoms with Crippen LogP contribution >= 0.6 is 0 Å². The minimum Gasteiger partial charge on any atom is -0.481 e. The van der Waals surface area contributed by atoms with Crippen LogP contribution in [0.2, 0.25) is 0 Å². The van der Waals surface area contributed by atoms with Gasteiger partial charge in [-0.3, -0.25) is 4.79 Å². The Bertz CT molecular complexity index is 250. The molecule has 0 atom stereocenters. The van der Waals surface area contributed by atoms with Crippen molar-refractivity contribution in [2.45, 2.75) is 44.6 Å². The molecule has 1 rings (SSSR count). The van der Waals surface area contributed by atoms with Crippen LogP contribution in [-0.4, -0.2) is 23.1 Å². The highest BCUT2D eigenvalue weighted by atomic mass is 16.4. The van der Waals surface area contributed by atoms with Crippen LogP contribution in [0.15, 0.2) is 5.70 Å². The van der Waals surface area contributed by atoms with Crippen LogP contribution in [0.5, 0.6) is 0 Å². The summed E-state index contributed by atoms with van der Waals surface area (Å²) in [6.45, 7) is 0. The first kappa shape index (κ1) is 10.8. The van der Waals surface area contributed by atoms with Gasteiger partial charge in [0.1, 0.15) is 11.6 Å². The first-order valence-electron chi connectivity index (χ1n) is 4.94. The summed E-state index contributed by atoms with van der Waals surface area (Å²) in [4.78, 5) is 20.8. The molecule has 0 aromatic carbocycles. The largest absolute Gasteiger partial charge is 0.481 e. The quantitative estimate of drug-likeness (QED) is 0.662. The molecular weight excluding hydrogens is 182 g/mol. The molecule has 1 aliphatic rings. The third kappa shape index (κ3) is 3.62. The fourth-order valence-electron chi connectivity index (χ4n) is 1.76. The topological polar surface area (TPSA) is 66.4 Å². The minimum atomic E-state index is -0.994. The molecule has 0 heterocycles. The maximum atomic E-state index is 10.4. The lowest BCUT2D eigenvalue weighted by molar-refractivity contribution is -0.136. The van der Waals surface area contributed by atoms with E-state index in [9.17, 15) is 9.59 Å². The Morgan fingerprint density at radius 1 is 1.36 bits per heavy atom. The lowest BCUT2D eigenvalue weighted by Gasteiger charge is -2.23. The molecule has 0 bridgehead atoms. The number of carboxylic acids is 1. The van der Waals surface area contributed by atoms with Gasteiger partial charge in [-0.2, -0.15) is 0 Å². The molecule has 2 N–H and O–H groups in total. The van der Waals surface area contributed by atoms with Crippen LogP contribution in [-0.2, 0) is 9.59 Å². The summed E-state index contributed by atoms with van der Waals surface area (Å²) in [6, 6.07) is 0.263. The summed E-state index contributed by atoms with van der Waals surface area (Å²) in [5.74, 6) is 0.662. The Morgan fingerprint density at radius 2 is 2.00 bits per heavy atom. The Kier molecular flexibility index (Phi) is 4.20. The van der Waals surface area contributed by atoms with Gasteiger partial charge in [0.25, 0.3) is 0 Å². The summed E-state index contributed by atoms with van der Waals surface area (Å²) in [5.41, 5.74) is 0.171. The van der Waals surface area contributed by atoms with Gasteiger partial charge in [-0.25, -0.2) is 4.79 Å². The normalized spacial score (nSPS) is 17.1. The van der Waals surface area contributed by atoms with Gasteiger partial charge < -0.3 is 10.4 Å². The summed E-state index contributed by atoms with van der Waals surface area (Å²) in [5, 5.41) is 11.5. The fraction of sp³-hybridized carbons (Fsp3) is 0.700. The summed E-state index contributed by atoms with van der Waals surface area (Å²) >= 11 is 0. The zero-order chi connectivity index (χ0) is 10.4. The van der Waals surface area contributed by atoms with Gasteiger partial charge in [0.15, 0.2) is 0 Å². The molecule has 0 aromatic rings. The van der Waals surface area contributed by atoms with Gasteiger partial charge in [0.05, 0.1) is 6.42 Å². The molecule has 0 spiro atoms. The van der Waals surface area contributed by atoms with E-state index in [0.29, 0.717) is 0 Å². The molecule has 0 aliphatic heterocycles. The average Bonchev–Trinajstić information content (AvgIpc) is 2.17. The van der Waals surface area contributed by atoms with Crippen molar-refractivity contribution in [2.24, 2.45) is 0 Å². The number of carbonyl (C=O) groups excluding carboxylic acids is 1. The van der Waals surface area contributed by atoms with E-state index < -0.39 is 5.97 Å². The van der Waals surface area contributed by atoms with Crippen molar-refractivity contribution >= 4 is 11.9 Å². The molecule has 0 radical (unpaired) electrons. The van der Waals surface area contributed by atoms with E-state index in [1.807, 2.05) is 0 Å². The zero-order valence-corrected chi connectivity index (χ0v) is 8.08. The van der Waals surface area contributed by atoms with Gasteiger partial charge in [-0.15, -0.1) is 0 Å². The van der Waals surface area contributed by atoms with Gasteiger partial charge in [0.2, 0.25) is 0 Å². The number of carboxylic acid groups (broad SMARTS) is 1. The van der Waals surface area contributed by atoms with E-state index in [1.54, 1.807) is 5.94 Å².